The van der Waals surface area contributed by atoms with Gasteiger partial charge in [0.1, 0.15) is 0 Å². The SMILES string of the molecule is C=C1C(C)=CC(C2=C(C)CN=C2C)=CN1Cc1ccc(C#N)cc1. The van der Waals surface area contributed by atoms with Crippen LogP contribution in [0.15, 0.2) is 76.1 Å². The molecule has 0 bridgehead atoms. The third-order valence-corrected chi connectivity index (χ3v) is 4.54. The lowest BCUT2D eigenvalue weighted by molar-refractivity contribution is 0.461. The van der Waals surface area contributed by atoms with Crippen LogP contribution >= 0.6 is 0 Å². The second-order valence-electron chi connectivity index (χ2n) is 6.35. The number of nitriles is 1. The summed E-state index contributed by atoms with van der Waals surface area (Å²) < 4.78 is 0. The molecule has 0 aliphatic carbocycles. The highest BCUT2D eigenvalue weighted by Gasteiger charge is 2.21. The normalized spacial score (nSPS) is 17.5. The maximum absolute atomic E-state index is 8.92. The molecule has 3 nitrogen and oxygen atoms in total. The van der Waals surface area contributed by atoms with Crippen molar-refractivity contribution in [1.29, 1.82) is 5.26 Å². The third-order valence-electron chi connectivity index (χ3n) is 4.54. The van der Waals surface area contributed by atoms with Crippen LogP contribution < -0.4 is 0 Å². The molecule has 3 heteroatoms. The van der Waals surface area contributed by atoms with Gasteiger partial charge in [-0.1, -0.05) is 18.7 Å². The minimum atomic E-state index is 0.683. The monoisotopic (exact) mass is 315 g/mol. The Labute approximate surface area is 143 Å². The highest BCUT2D eigenvalue weighted by atomic mass is 15.1. The van der Waals surface area contributed by atoms with Gasteiger partial charge in [0, 0.05) is 35.3 Å². The number of rotatable bonds is 3. The molecule has 120 valence electrons. The summed E-state index contributed by atoms with van der Waals surface area (Å²) in [6.45, 7) is 12.1. The molecule has 3 rings (SSSR count). The first-order valence-corrected chi connectivity index (χ1v) is 8.06. The Morgan fingerprint density at radius 2 is 1.92 bits per heavy atom. The molecule has 0 saturated heterocycles. The lowest BCUT2D eigenvalue weighted by atomic mass is 9.94. The molecule has 0 fully saturated rings. The van der Waals surface area contributed by atoms with Gasteiger partial charge in [-0.3, -0.25) is 4.99 Å². The highest BCUT2D eigenvalue weighted by Crippen LogP contribution is 2.31. The van der Waals surface area contributed by atoms with Crippen LogP contribution in [0.2, 0.25) is 0 Å². The molecule has 2 aliphatic heterocycles. The van der Waals surface area contributed by atoms with E-state index in [1.54, 1.807) is 0 Å². The van der Waals surface area contributed by atoms with Gasteiger partial charge in [0.2, 0.25) is 0 Å². The number of hydrogen-bond acceptors (Lipinski definition) is 3. The fourth-order valence-corrected chi connectivity index (χ4v) is 3.14. The predicted molar refractivity (Wildman–Crippen MR) is 98.4 cm³/mol. The predicted octanol–water partition coefficient (Wildman–Crippen LogP) is 4.51. The van der Waals surface area contributed by atoms with Gasteiger partial charge in [0.05, 0.1) is 18.2 Å². The maximum Gasteiger partial charge on any atom is 0.0991 e. The summed E-state index contributed by atoms with van der Waals surface area (Å²) in [4.78, 5) is 6.73. The Morgan fingerprint density at radius 1 is 1.21 bits per heavy atom. The standard InChI is InChI=1S/C21H21N3/c1-14-9-20(21-15(2)11-23-16(21)3)13-24(17(14)4)12-19-7-5-18(10-22)6-8-19/h5-9,13H,4,11-12H2,1-3H3. The molecule has 2 aliphatic rings. The first-order valence-electron chi connectivity index (χ1n) is 8.06. The number of benzene rings is 1. The lowest BCUT2D eigenvalue weighted by Gasteiger charge is -2.29. The van der Waals surface area contributed by atoms with Crippen LogP contribution in [-0.2, 0) is 6.54 Å². The van der Waals surface area contributed by atoms with E-state index >= 15 is 0 Å². The molecule has 2 heterocycles. The Kier molecular flexibility index (Phi) is 4.22. The van der Waals surface area contributed by atoms with Crippen molar-refractivity contribution in [3.05, 3.63) is 82.2 Å². The van der Waals surface area contributed by atoms with Crippen molar-refractivity contribution in [2.45, 2.75) is 27.3 Å². The third kappa shape index (κ3) is 2.96. The zero-order chi connectivity index (χ0) is 17.3. The number of allylic oxidation sites excluding steroid dienone is 4. The van der Waals surface area contributed by atoms with Crippen molar-refractivity contribution in [2.24, 2.45) is 4.99 Å². The van der Waals surface area contributed by atoms with Crippen molar-refractivity contribution in [1.82, 2.24) is 4.90 Å². The molecule has 1 aromatic carbocycles. The van der Waals surface area contributed by atoms with E-state index in [1.165, 1.54) is 22.3 Å². The fourth-order valence-electron chi connectivity index (χ4n) is 3.14. The van der Waals surface area contributed by atoms with E-state index in [9.17, 15) is 0 Å². The van der Waals surface area contributed by atoms with Crippen molar-refractivity contribution in [3.63, 3.8) is 0 Å². The van der Waals surface area contributed by atoms with Crippen LogP contribution in [0.25, 0.3) is 0 Å². The van der Waals surface area contributed by atoms with E-state index in [4.69, 9.17) is 5.26 Å². The molecule has 0 spiro atoms. The molecular weight excluding hydrogens is 294 g/mol. The van der Waals surface area contributed by atoms with Gasteiger partial charge in [0.15, 0.2) is 0 Å². The van der Waals surface area contributed by atoms with Gasteiger partial charge >= 0.3 is 0 Å². The second-order valence-corrected chi connectivity index (χ2v) is 6.35. The van der Waals surface area contributed by atoms with E-state index in [-0.39, 0.29) is 0 Å². The van der Waals surface area contributed by atoms with Crippen LogP contribution in [0.4, 0.5) is 0 Å². The molecular formula is C21H21N3. The van der Waals surface area contributed by atoms with Gasteiger partial charge in [0.25, 0.3) is 0 Å². The summed E-state index contributed by atoms with van der Waals surface area (Å²) in [7, 11) is 0. The average molecular weight is 315 g/mol. The van der Waals surface area contributed by atoms with Gasteiger partial charge in [-0.05, 0) is 55.7 Å². The zero-order valence-electron chi connectivity index (χ0n) is 14.4. The molecule has 0 radical (unpaired) electrons. The quantitative estimate of drug-likeness (QED) is 0.823. The van der Waals surface area contributed by atoms with Crippen LogP contribution in [-0.4, -0.2) is 17.2 Å². The second kappa shape index (κ2) is 6.33. The highest BCUT2D eigenvalue weighted by molar-refractivity contribution is 6.05. The average Bonchev–Trinajstić information content (AvgIpc) is 2.91. The van der Waals surface area contributed by atoms with E-state index in [0.717, 1.165) is 30.1 Å². The summed E-state index contributed by atoms with van der Waals surface area (Å²) in [6, 6.07) is 9.87. The minimum Gasteiger partial charge on any atom is -0.343 e. The Bertz CT molecular complexity index is 855. The number of hydrogen-bond donors (Lipinski definition) is 0. The van der Waals surface area contributed by atoms with Gasteiger partial charge in [-0.15, -0.1) is 0 Å². The van der Waals surface area contributed by atoms with Crippen LogP contribution in [0, 0.1) is 11.3 Å². The summed E-state index contributed by atoms with van der Waals surface area (Å²) >= 11 is 0. The molecule has 0 unspecified atom stereocenters. The van der Waals surface area contributed by atoms with Gasteiger partial charge in [-0.25, -0.2) is 0 Å². The van der Waals surface area contributed by atoms with E-state index < -0.39 is 0 Å². The molecule has 0 atom stereocenters. The molecule has 0 amide bonds. The van der Waals surface area contributed by atoms with Crippen molar-refractivity contribution < 1.29 is 0 Å². The van der Waals surface area contributed by atoms with Crippen molar-refractivity contribution >= 4 is 5.71 Å². The van der Waals surface area contributed by atoms with Gasteiger partial charge in [-0.2, -0.15) is 5.26 Å². The number of aliphatic imine (C=N–C) groups is 1. The molecule has 24 heavy (non-hydrogen) atoms. The van der Waals surface area contributed by atoms with Crippen molar-refractivity contribution in [2.75, 3.05) is 6.54 Å². The van der Waals surface area contributed by atoms with Gasteiger partial charge < -0.3 is 4.90 Å². The summed E-state index contributed by atoms with van der Waals surface area (Å²) in [5.41, 5.74) is 8.89. The van der Waals surface area contributed by atoms with Crippen molar-refractivity contribution in [3.8, 4) is 6.07 Å². The maximum atomic E-state index is 8.92. The fraction of sp³-hybridized carbons (Fsp3) is 0.238. The van der Waals surface area contributed by atoms with E-state index in [2.05, 4.69) is 55.6 Å². The summed E-state index contributed by atoms with van der Waals surface area (Å²) in [5.74, 6) is 0. The Hall–Kier alpha value is -2.86. The zero-order valence-corrected chi connectivity index (χ0v) is 14.4. The molecule has 0 aromatic heterocycles. The lowest BCUT2D eigenvalue weighted by Crippen LogP contribution is -2.21. The Morgan fingerprint density at radius 3 is 2.50 bits per heavy atom. The number of nitrogens with zero attached hydrogens (tertiary/aromatic N) is 3. The minimum absolute atomic E-state index is 0.683. The first-order chi connectivity index (χ1) is 11.5. The van der Waals surface area contributed by atoms with Crippen LogP contribution in [0.1, 0.15) is 31.9 Å². The van der Waals surface area contributed by atoms with Crippen LogP contribution in [0.5, 0.6) is 0 Å². The Balaban J connectivity index is 1.91. The van der Waals surface area contributed by atoms with E-state index in [1.807, 2.05) is 24.3 Å². The molecule has 0 saturated carbocycles. The summed E-state index contributed by atoms with van der Waals surface area (Å²) in [6.07, 6.45) is 4.36. The van der Waals surface area contributed by atoms with Crippen LogP contribution in [0.3, 0.4) is 0 Å². The topological polar surface area (TPSA) is 39.4 Å². The first kappa shape index (κ1) is 16.0. The largest absolute Gasteiger partial charge is 0.343 e. The molecule has 1 aromatic rings. The van der Waals surface area contributed by atoms with E-state index in [0.29, 0.717) is 5.56 Å². The summed E-state index contributed by atoms with van der Waals surface area (Å²) in [5, 5.41) is 8.92. The smallest absolute Gasteiger partial charge is 0.0991 e. The molecule has 0 N–H and O–H groups in total.